The molecule has 74 valence electrons. The highest BCUT2D eigenvalue weighted by Crippen LogP contribution is 2.30. The number of nitrogens with one attached hydrogen (secondary N) is 1. The lowest BCUT2D eigenvalue weighted by Gasteiger charge is -2.17. The first-order valence-electron chi connectivity index (χ1n) is 4.43. The largest absolute Gasteiger partial charge is 0.425 e. The molecule has 15 heavy (non-hydrogen) atoms. The second-order valence-electron chi connectivity index (χ2n) is 2.99. The van der Waals surface area contributed by atoms with Crippen LogP contribution in [0.25, 0.3) is 0 Å². The third kappa shape index (κ3) is 1.61. The molecule has 1 aromatic heterocycles. The van der Waals surface area contributed by atoms with Gasteiger partial charge in [0.2, 0.25) is 0 Å². The van der Waals surface area contributed by atoms with E-state index in [1.54, 1.807) is 12.4 Å². The SMILES string of the molecule is C1=CC(OC2=Nc3ccncc3SN2)=C1. The van der Waals surface area contributed by atoms with Crippen molar-refractivity contribution in [3.05, 3.63) is 42.4 Å². The number of aliphatic imine (C=N–C) groups is 1. The van der Waals surface area contributed by atoms with E-state index in [9.17, 15) is 0 Å². The van der Waals surface area contributed by atoms with E-state index in [1.807, 2.05) is 24.3 Å². The average Bonchev–Trinajstić information content (AvgIpc) is 2.23. The third-order valence-corrected chi connectivity index (χ3v) is 2.78. The van der Waals surface area contributed by atoms with Crippen LogP contribution in [0, 0.1) is 0 Å². The Morgan fingerprint density at radius 2 is 2.33 bits per heavy atom. The van der Waals surface area contributed by atoms with Gasteiger partial charge in [0.15, 0.2) is 0 Å². The van der Waals surface area contributed by atoms with Crippen LogP contribution in [0.15, 0.2) is 52.3 Å². The third-order valence-electron chi connectivity index (χ3n) is 1.97. The summed E-state index contributed by atoms with van der Waals surface area (Å²) >= 11 is 1.45. The predicted molar refractivity (Wildman–Crippen MR) is 58.6 cm³/mol. The van der Waals surface area contributed by atoms with Crippen LogP contribution in [0.3, 0.4) is 0 Å². The minimum absolute atomic E-state index is 0.509. The second kappa shape index (κ2) is 3.43. The van der Waals surface area contributed by atoms with Crippen LogP contribution in [0.5, 0.6) is 0 Å². The van der Waals surface area contributed by atoms with Gasteiger partial charge in [0.1, 0.15) is 5.76 Å². The second-order valence-corrected chi connectivity index (χ2v) is 3.84. The molecule has 3 rings (SSSR count). The Morgan fingerprint density at radius 1 is 1.40 bits per heavy atom. The quantitative estimate of drug-likeness (QED) is 0.732. The van der Waals surface area contributed by atoms with Crippen molar-refractivity contribution in [3.63, 3.8) is 0 Å². The lowest BCUT2D eigenvalue weighted by atomic mass is 10.3. The summed E-state index contributed by atoms with van der Waals surface area (Å²) in [5, 5.41) is 0. The summed E-state index contributed by atoms with van der Waals surface area (Å²) in [5.41, 5.74) is 0.882. The number of nitrogens with zero attached hydrogens (tertiary/aromatic N) is 2. The van der Waals surface area contributed by atoms with E-state index in [4.69, 9.17) is 4.74 Å². The molecule has 0 saturated heterocycles. The number of amidine groups is 1. The summed E-state index contributed by atoms with van der Waals surface area (Å²) in [6.07, 6.45) is 9.18. The van der Waals surface area contributed by atoms with E-state index < -0.39 is 0 Å². The molecule has 0 spiro atoms. The smallest absolute Gasteiger partial charge is 0.306 e. The maximum atomic E-state index is 5.46. The maximum Gasteiger partial charge on any atom is 0.306 e. The van der Waals surface area contributed by atoms with Crippen molar-refractivity contribution in [2.45, 2.75) is 4.90 Å². The number of hydrogen-bond donors (Lipinski definition) is 1. The van der Waals surface area contributed by atoms with Crippen LogP contribution in [0.2, 0.25) is 0 Å². The highest BCUT2D eigenvalue weighted by molar-refractivity contribution is 7.98. The molecule has 5 heteroatoms. The molecule has 0 bridgehead atoms. The normalized spacial score (nSPS) is 16.8. The van der Waals surface area contributed by atoms with Gasteiger partial charge in [-0.1, -0.05) is 6.08 Å². The molecular weight excluding hydrogens is 210 g/mol. The van der Waals surface area contributed by atoms with E-state index in [1.165, 1.54) is 11.9 Å². The molecule has 0 unspecified atom stereocenters. The van der Waals surface area contributed by atoms with E-state index in [-0.39, 0.29) is 0 Å². The van der Waals surface area contributed by atoms with Gasteiger partial charge >= 0.3 is 6.02 Å². The Morgan fingerprint density at radius 3 is 3.13 bits per heavy atom. The van der Waals surface area contributed by atoms with Crippen LogP contribution in [-0.2, 0) is 4.74 Å². The fourth-order valence-electron chi connectivity index (χ4n) is 1.17. The molecule has 0 atom stereocenters. The highest BCUT2D eigenvalue weighted by Gasteiger charge is 2.14. The maximum absolute atomic E-state index is 5.46. The molecule has 4 nitrogen and oxygen atoms in total. The van der Waals surface area contributed by atoms with Gasteiger partial charge in [-0.2, -0.15) is 4.99 Å². The first-order chi connectivity index (χ1) is 7.42. The summed E-state index contributed by atoms with van der Waals surface area (Å²) in [5.74, 6) is 0.819. The number of pyridine rings is 1. The Kier molecular flexibility index (Phi) is 1.96. The Bertz CT molecular complexity index is 493. The first kappa shape index (κ1) is 8.55. The summed E-state index contributed by atoms with van der Waals surface area (Å²) in [6.45, 7) is 0. The van der Waals surface area contributed by atoms with Gasteiger partial charge in [-0.3, -0.25) is 9.71 Å². The molecule has 2 aliphatic rings. The Hall–Kier alpha value is -1.75. The minimum Gasteiger partial charge on any atom is -0.425 e. The standard InChI is InChI=1S/C10H7N3OS/c1-2-7(3-1)14-10-12-8-4-5-11-6-9(8)15-13-10/h1-6H,(H,12,13). The van der Waals surface area contributed by atoms with Gasteiger partial charge in [0.25, 0.3) is 0 Å². The monoisotopic (exact) mass is 217 g/mol. The van der Waals surface area contributed by atoms with Gasteiger partial charge in [-0.15, -0.1) is 0 Å². The van der Waals surface area contributed by atoms with Crippen molar-refractivity contribution in [1.29, 1.82) is 0 Å². The van der Waals surface area contributed by atoms with Gasteiger partial charge in [-0.05, 0) is 30.2 Å². The molecule has 2 heterocycles. The van der Waals surface area contributed by atoms with Crippen LogP contribution < -0.4 is 4.72 Å². The van der Waals surface area contributed by atoms with Crippen molar-refractivity contribution in [3.8, 4) is 0 Å². The number of hydrogen-bond acceptors (Lipinski definition) is 5. The number of aromatic nitrogens is 1. The molecule has 0 fully saturated rings. The molecule has 1 N–H and O–H groups in total. The average molecular weight is 217 g/mol. The van der Waals surface area contributed by atoms with Gasteiger partial charge in [0.05, 0.1) is 10.6 Å². The number of allylic oxidation sites excluding steroid dienone is 3. The molecule has 0 saturated carbocycles. The molecule has 1 aliphatic carbocycles. The number of ether oxygens (including phenoxy) is 1. The minimum atomic E-state index is 0.509. The summed E-state index contributed by atoms with van der Waals surface area (Å²) < 4.78 is 8.46. The highest BCUT2D eigenvalue weighted by atomic mass is 32.2. The zero-order valence-electron chi connectivity index (χ0n) is 7.68. The fourth-order valence-corrected chi connectivity index (χ4v) is 1.79. The van der Waals surface area contributed by atoms with Crippen molar-refractivity contribution in [2.75, 3.05) is 0 Å². The number of rotatable bonds is 1. The lowest BCUT2D eigenvalue weighted by Crippen LogP contribution is -2.21. The van der Waals surface area contributed by atoms with Gasteiger partial charge < -0.3 is 4.74 Å². The summed E-state index contributed by atoms with van der Waals surface area (Å²) in [4.78, 5) is 9.34. The van der Waals surface area contributed by atoms with Crippen LogP contribution in [0.4, 0.5) is 5.69 Å². The molecule has 1 aromatic rings. The van der Waals surface area contributed by atoms with E-state index >= 15 is 0 Å². The van der Waals surface area contributed by atoms with Gasteiger partial charge in [0, 0.05) is 12.4 Å². The van der Waals surface area contributed by atoms with E-state index in [0.717, 1.165) is 16.3 Å². The lowest BCUT2D eigenvalue weighted by molar-refractivity contribution is 0.418. The van der Waals surface area contributed by atoms with E-state index in [0.29, 0.717) is 6.02 Å². The van der Waals surface area contributed by atoms with Crippen molar-refractivity contribution < 1.29 is 4.74 Å². The molecule has 0 amide bonds. The molecule has 0 aromatic carbocycles. The van der Waals surface area contributed by atoms with Crippen LogP contribution in [0.1, 0.15) is 0 Å². The summed E-state index contributed by atoms with van der Waals surface area (Å²) in [6, 6.07) is 2.37. The first-order valence-corrected chi connectivity index (χ1v) is 5.25. The van der Waals surface area contributed by atoms with Gasteiger partial charge in [-0.25, -0.2) is 0 Å². The zero-order valence-corrected chi connectivity index (χ0v) is 8.49. The van der Waals surface area contributed by atoms with Crippen molar-refractivity contribution >= 4 is 23.7 Å². The molecule has 1 aliphatic heterocycles. The fraction of sp³-hybridized carbons (Fsp3) is 0. The van der Waals surface area contributed by atoms with Crippen molar-refractivity contribution in [1.82, 2.24) is 9.71 Å². The van der Waals surface area contributed by atoms with Crippen molar-refractivity contribution in [2.24, 2.45) is 4.99 Å². The van der Waals surface area contributed by atoms with Crippen LogP contribution in [-0.4, -0.2) is 11.0 Å². The topological polar surface area (TPSA) is 46.5 Å². The number of fused-ring (bicyclic) bond motifs is 1. The Balaban J connectivity index is 1.85. The molecular formula is C10H7N3OS. The predicted octanol–water partition coefficient (Wildman–Crippen LogP) is 2.15. The molecule has 0 radical (unpaired) electrons. The zero-order chi connectivity index (χ0) is 10.1. The van der Waals surface area contributed by atoms with Crippen LogP contribution >= 0.6 is 11.9 Å². The summed E-state index contributed by atoms with van der Waals surface area (Å²) in [7, 11) is 0. The van der Waals surface area contributed by atoms with E-state index in [2.05, 4.69) is 14.7 Å². The Labute approximate surface area is 90.9 Å².